The van der Waals surface area contributed by atoms with Crippen molar-refractivity contribution >= 4 is 35.0 Å². The van der Waals surface area contributed by atoms with E-state index in [-0.39, 0.29) is 5.91 Å². The first-order valence-corrected chi connectivity index (χ1v) is 6.97. The van der Waals surface area contributed by atoms with E-state index in [2.05, 4.69) is 10.3 Å². The molecule has 0 spiro atoms. The number of anilines is 1. The number of benzene rings is 1. The van der Waals surface area contributed by atoms with Crippen molar-refractivity contribution in [1.29, 1.82) is 0 Å². The van der Waals surface area contributed by atoms with E-state index in [1.165, 1.54) is 30.1 Å². The number of hydrogen-bond donors (Lipinski definition) is 1. The highest BCUT2D eigenvalue weighted by Gasteiger charge is 2.11. The Balaban J connectivity index is 2.22. The second-order valence-corrected chi connectivity index (χ2v) is 4.96. The third kappa shape index (κ3) is 3.45. The minimum atomic E-state index is -0.597. The molecule has 0 saturated heterocycles. The molecule has 0 saturated carbocycles. The smallest absolute Gasteiger partial charge is 0.257 e. The molecule has 0 bridgehead atoms. The summed E-state index contributed by atoms with van der Waals surface area (Å²) in [6.45, 7) is 0. The van der Waals surface area contributed by atoms with E-state index >= 15 is 0 Å². The second kappa shape index (κ2) is 6.04. The van der Waals surface area contributed by atoms with Gasteiger partial charge in [0.2, 0.25) is 5.95 Å². The number of carbonyl (C=O) groups excluding carboxylic acids is 1. The van der Waals surface area contributed by atoms with Crippen LogP contribution in [0.5, 0.6) is 0 Å². The number of nitrogens with one attached hydrogen (secondary N) is 1. The summed E-state index contributed by atoms with van der Waals surface area (Å²) in [7, 11) is 0. The van der Waals surface area contributed by atoms with Crippen LogP contribution in [0.15, 0.2) is 41.4 Å². The third-order valence-electron chi connectivity index (χ3n) is 2.40. The fraction of sp³-hybridized carbons (Fsp3) is 0.0769. The number of amides is 1. The van der Waals surface area contributed by atoms with Gasteiger partial charge in [-0.3, -0.25) is 4.79 Å². The minimum Gasteiger partial charge on any atom is -0.321 e. The quantitative estimate of drug-likeness (QED) is 0.691. The van der Waals surface area contributed by atoms with Crippen molar-refractivity contribution in [2.75, 3.05) is 11.6 Å². The molecule has 1 aromatic carbocycles. The Morgan fingerprint density at radius 2 is 2.16 bits per heavy atom. The summed E-state index contributed by atoms with van der Waals surface area (Å²) in [5.41, 5.74) is 0.787. The topological polar surface area (TPSA) is 42.0 Å². The Morgan fingerprint density at radius 3 is 2.79 bits per heavy atom. The molecule has 1 heterocycles. The molecule has 1 aromatic heterocycles. The largest absolute Gasteiger partial charge is 0.321 e. The minimum absolute atomic E-state index is 0.352. The van der Waals surface area contributed by atoms with Gasteiger partial charge < -0.3 is 5.32 Å². The highest BCUT2D eigenvalue weighted by molar-refractivity contribution is 7.98. The normalized spacial score (nSPS) is 10.3. The van der Waals surface area contributed by atoms with Crippen LogP contribution in [-0.2, 0) is 0 Å². The van der Waals surface area contributed by atoms with Crippen molar-refractivity contribution in [3.05, 3.63) is 53.1 Å². The van der Waals surface area contributed by atoms with Gasteiger partial charge in [-0.25, -0.2) is 4.98 Å². The van der Waals surface area contributed by atoms with Crippen LogP contribution in [0.2, 0.25) is 5.02 Å². The molecular formula is C13H10ClFN2OS. The van der Waals surface area contributed by atoms with Crippen LogP contribution >= 0.6 is 23.4 Å². The van der Waals surface area contributed by atoms with Crippen molar-refractivity contribution in [1.82, 2.24) is 4.98 Å². The summed E-state index contributed by atoms with van der Waals surface area (Å²) in [6.07, 6.45) is 3.16. The molecule has 0 aliphatic heterocycles. The lowest BCUT2D eigenvalue weighted by Crippen LogP contribution is -2.12. The highest BCUT2D eigenvalue weighted by Crippen LogP contribution is 2.23. The Hall–Kier alpha value is -1.59. The average Bonchev–Trinajstić information content (AvgIpc) is 2.42. The molecule has 2 aromatic rings. The summed E-state index contributed by atoms with van der Waals surface area (Å²) in [5, 5.41) is 2.98. The standard InChI is InChI=1S/C13H10ClFN2OS/c1-19-9-3-4-11(14)10(6-9)13(18)17-8-2-5-12(15)16-7-8/h2-7H,1H3,(H,17,18). The van der Waals surface area contributed by atoms with Crippen LogP contribution in [0.1, 0.15) is 10.4 Å². The van der Waals surface area contributed by atoms with Gasteiger partial charge in [0.25, 0.3) is 5.91 Å². The molecule has 6 heteroatoms. The van der Waals surface area contributed by atoms with E-state index in [0.717, 1.165) is 4.90 Å². The van der Waals surface area contributed by atoms with Crippen molar-refractivity contribution in [2.45, 2.75) is 4.90 Å². The van der Waals surface area contributed by atoms with Crippen molar-refractivity contribution < 1.29 is 9.18 Å². The maximum absolute atomic E-state index is 12.7. The van der Waals surface area contributed by atoms with Crippen LogP contribution in [-0.4, -0.2) is 17.1 Å². The van der Waals surface area contributed by atoms with E-state index < -0.39 is 5.95 Å². The first-order chi connectivity index (χ1) is 9.10. The van der Waals surface area contributed by atoms with Gasteiger partial charge in [-0.05, 0) is 36.6 Å². The summed E-state index contributed by atoms with van der Waals surface area (Å²) >= 11 is 7.51. The number of thioether (sulfide) groups is 1. The van der Waals surface area contributed by atoms with Crippen LogP contribution in [0.4, 0.5) is 10.1 Å². The lowest BCUT2D eigenvalue weighted by Gasteiger charge is -2.07. The van der Waals surface area contributed by atoms with Gasteiger partial charge in [-0.15, -0.1) is 11.8 Å². The van der Waals surface area contributed by atoms with Crippen molar-refractivity contribution in [3.63, 3.8) is 0 Å². The van der Waals surface area contributed by atoms with Gasteiger partial charge in [-0.2, -0.15) is 4.39 Å². The van der Waals surface area contributed by atoms with Gasteiger partial charge in [0, 0.05) is 4.90 Å². The monoisotopic (exact) mass is 296 g/mol. The van der Waals surface area contributed by atoms with Gasteiger partial charge in [0.15, 0.2) is 0 Å². The zero-order chi connectivity index (χ0) is 13.8. The van der Waals surface area contributed by atoms with Gasteiger partial charge in [0.1, 0.15) is 0 Å². The molecule has 0 fully saturated rings. The summed E-state index contributed by atoms with van der Waals surface area (Å²) in [4.78, 5) is 16.5. The maximum Gasteiger partial charge on any atom is 0.257 e. The zero-order valence-corrected chi connectivity index (χ0v) is 11.6. The molecule has 0 aliphatic rings. The molecule has 3 nitrogen and oxygen atoms in total. The zero-order valence-electron chi connectivity index (χ0n) is 9.98. The van der Waals surface area contributed by atoms with Crippen LogP contribution in [0, 0.1) is 5.95 Å². The van der Waals surface area contributed by atoms with Crippen molar-refractivity contribution in [2.24, 2.45) is 0 Å². The lowest BCUT2D eigenvalue weighted by molar-refractivity contribution is 0.102. The Kier molecular flexibility index (Phi) is 4.39. The molecule has 0 atom stereocenters. The Labute approximate surface area is 119 Å². The van der Waals surface area contributed by atoms with E-state index in [9.17, 15) is 9.18 Å². The number of aromatic nitrogens is 1. The first kappa shape index (κ1) is 13.8. The number of nitrogens with zero attached hydrogens (tertiary/aromatic N) is 1. The molecule has 0 aliphatic carbocycles. The average molecular weight is 297 g/mol. The van der Waals surface area contributed by atoms with Crippen LogP contribution in [0.25, 0.3) is 0 Å². The molecule has 19 heavy (non-hydrogen) atoms. The van der Waals surface area contributed by atoms with E-state index in [0.29, 0.717) is 16.3 Å². The molecule has 1 N–H and O–H groups in total. The number of carbonyl (C=O) groups is 1. The number of rotatable bonds is 3. The Bertz CT molecular complexity index is 604. The van der Waals surface area contributed by atoms with Crippen molar-refractivity contribution in [3.8, 4) is 0 Å². The molecule has 98 valence electrons. The summed E-state index contributed by atoms with van der Waals surface area (Å²) < 4.78 is 12.7. The fourth-order valence-corrected chi connectivity index (χ4v) is 2.10. The molecule has 1 amide bonds. The lowest BCUT2D eigenvalue weighted by atomic mass is 10.2. The van der Waals surface area contributed by atoms with Gasteiger partial charge in [0.05, 0.1) is 22.5 Å². The first-order valence-electron chi connectivity index (χ1n) is 5.36. The van der Waals surface area contributed by atoms with Gasteiger partial charge in [-0.1, -0.05) is 11.6 Å². The summed E-state index contributed by atoms with van der Waals surface area (Å²) in [6, 6.07) is 7.83. The molecule has 0 radical (unpaired) electrons. The van der Waals surface area contributed by atoms with E-state index in [1.54, 1.807) is 12.1 Å². The predicted molar refractivity (Wildman–Crippen MR) is 75.4 cm³/mol. The van der Waals surface area contributed by atoms with E-state index in [4.69, 9.17) is 11.6 Å². The van der Waals surface area contributed by atoms with Crippen LogP contribution < -0.4 is 5.32 Å². The fourth-order valence-electron chi connectivity index (χ4n) is 1.45. The van der Waals surface area contributed by atoms with Gasteiger partial charge >= 0.3 is 0 Å². The van der Waals surface area contributed by atoms with E-state index in [1.807, 2.05) is 12.3 Å². The highest BCUT2D eigenvalue weighted by atomic mass is 35.5. The third-order valence-corrected chi connectivity index (χ3v) is 3.46. The second-order valence-electron chi connectivity index (χ2n) is 3.67. The molecule has 2 rings (SSSR count). The summed E-state index contributed by atoms with van der Waals surface area (Å²) in [5.74, 6) is -0.949. The number of hydrogen-bond acceptors (Lipinski definition) is 3. The molecular weight excluding hydrogens is 287 g/mol. The van der Waals surface area contributed by atoms with Crippen LogP contribution in [0.3, 0.4) is 0 Å². The Morgan fingerprint density at radius 1 is 1.37 bits per heavy atom. The number of halogens is 2. The maximum atomic E-state index is 12.7. The SMILES string of the molecule is CSc1ccc(Cl)c(C(=O)Nc2ccc(F)nc2)c1. The molecule has 0 unspecified atom stereocenters. The predicted octanol–water partition coefficient (Wildman–Crippen LogP) is 3.85. The number of pyridine rings is 1.